The number of nitrogens with two attached hydrogens (primary N) is 2. The van der Waals surface area contributed by atoms with Crippen molar-refractivity contribution in [1.82, 2.24) is 19.8 Å². The Morgan fingerprint density at radius 1 is 0.659 bits per heavy atom. The van der Waals surface area contributed by atoms with Gasteiger partial charge < -0.3 is 41.9 Å². The number of aromatic nitrogens is 2. The number of anilines is 2. The molecule has 0 aliphatic carbocycles. The molecule has 0 aliphatic heterocycles. The van der Waals surface area contributed by atoms with Crippen LogP contribution in [0.1, 0.15) is 81.2 Å². The number of aryl methyl sites for hydroxylation is 2. The minimum Gasteiger partial charge on any atom is -0.386 e. The number of nitrogens with one attached hydrogen (secondary N) is 6. The first-order valence-electron chi connectivity index (χ1n) is 14.4. The third-order valence-corrected chi connectivity index (χ3v) is 6.57. The van der Waals surface area contributed by atoms with Crippen molar-refractivity contribution in [2.45, 2.75) is 52.6 Å². The predicted octanol–water partition coefficient (Wildman–Crippen LogP) is 2.73. The Kier molecular flexibility index (Phi) is 11.8. The molecule has 0 unspecified atom stereocenters. The lowest BCUT2D eigenvalue weighted by atomic mass is 10.1. The van der Waals surface area contributed by atoms with E-state index in [2.05, 4.69) is 21.3 Å². The van der Waals surface area contributed by atoms with E-state index in [-0.39, 0.29) is 24.8 Å². The lowest BCUT2D eigenvalue weighted by Gasteiger charge is -2.08. The van der Waals surface area contributed by atoms with E-state index in [1.807, 2.05) is 13.8 Å². The van der Waals surface area contributed by atoms with Crippen LogP contribution in [0.3, 0.4) is 0 Å². The van der Waals surface area contributed by atoms with Crippen molar-refractivity contribution >= 4 is 46.7 Å². The topological polar surface area (TPSA) is 226 Å². The molecular weight excluding hydrogens is 564 g/mol. The molecule has 2 aromatic heterocycles. The van der Waals surface area contributed by atoms with Crippen molar-refractivity contribution < 1.29 is 19.2 Å². The second kappa shape index (κ2) is 15.7. The van der Waals surface area contributed by atoms with Gasteiger partial charge in [-0.1, -0.05) is 26.7 Å². The zero-order valence-electron chi connectivity index (χ0n) is 25.0. The molecule has 0 atom stereocenters. The highest BCUT2D eigenvalue weighted by atomic mass is 16.2. The van der Waals surface area contributed by atoms with Crippen molar-refractivity contribution in [1.29, 1.82) is 10.8 Å². The summed E-state index contributed by atoms with van der Waals surface area (Å²) >= 11 is 0. The summed E-state index contributed by atoms with van der Waals surface area (Å²) in [5.74, 6) is -1.99. The predicted molar refractivity (Wildman–Crippen MR) is 170 cm³/mol. The first-order valence-corrected chi connectivity index (χ1v) is 14.4. The van der Waals surface area contributed by atoms with Gasteiger partial charge in [-0.25, -0.2) is 0 Å². The number of amidine groups is 2. The largest absolute Gasteiger partial charge is 0.386 e. The van der Waals surface area contributed by atoms with E-state index in [9.17, 15) is 19.2 Å². The first-order chi connectivity index (χ1) is 21.0. The van der Waals surface area contributed by atoms with E-state index in [1.54, 1.807) is 33.7 Å². The Balaban J connectivity index is 1.69. The van der Waals surface area contributed by atoms with Crippen molar-refractivity contribution in [2.24, 2.45) is 11.5 Å². The van der Waals surface area contributed by atoms with Crippen LogP contribution >= 0.6 is 0 Å². The SMILES string of the molecule is CCCCn1cc(NC(=O)c2ccc(C(=O)Nc3cc(C(=O)NCC(=N)N)n(CCCC)c3)cc2)cc1C(=O)NCC(=N)N. The number of amides is 4. The summed E-state index contributed by atoms with van der Waals surface area (Å²) in [5, 5.41) is 25.4. The van der Waals surface area contributed by atoms with Gasteiger partial charge in [0.25, 0.3) is 23.6 Å². The van der Waals surface area contributed by atoms with E-state index in [0.717, 1.165) is 25.7 Å². The highest BCUT2D eigenvalue weighted by molar-refractivity contribution is 6.08. The van der Waals surface area contributed by atoms with Crippen LogP contribution in [-0.2, 0) is 13.1 Å². The van der Waals surface area contributed by atoms with Crippen LogP contribution in [0.2, 0.25) is 0 Å². The molecule has 4 amide bonds. The maximum absolute atomic E-state index is 13.0. The van der Waals surface area contributed by atoms with Crippen molar-refractivity contribution in [2.75, 3.05) is 23.7 Å². The van der Waals surface area contributed by atoms with E-state index in [1.165, 1.54) is 24.3 Å². The molecule has 2 heterocycles. The fraction of sp³-hybridized carbons (Fsp3) is 0.333. The van der Waals surface area contributed by atoms with Crippen LogP contribution in [-0.4, -0.2) is 57.5 Å². The van der Waals surface area contributed by atoms with Gasteiger partial charge in [0.2, 0.25) is 0 Å². The molecule has 0 radical (unpaired) electrons. The van der Waals surface area contributed by atoms with Crippen LogP contribution in [0, 0.1) is 10.8 Å². The van der Waals surface area contributed by atoms with Crippen molar-refractivity contribution in [3.05, 3.63) is 71.3 Å². The maximum atomic E-state index is 13.0. The fourth-order valence-corrected chi connectivity index (χ4v) is 4.28. The molecule has 0 saturated carbocycles. The summed E-state index contributed by atoms with van der Waals surface area (Å²) in [4.78, 5) is 51.2. The summed E-state index contributed by atoms with van der Waals surface area (Å²) < 4.78 is 3.49. The normalized spacial score (nSPS) is 10.6. The molecule has 14 heteroatoms. The van der Waals surface area contributed by atoms with Crippen molar-refractivity contribution in [3.8, 4) is 0 Å². The lowest BCUT2D eigenvalue weighted by Crippen LogP contribution is -2.34. The number of rotatable bonds is 16. The van der Waals surface area contributed by atoms with Gasteiger partial charge in [0.15, 0.2) is 0 Å². The molecule has 0 saturated heterocycles. The highest BCUT2D eigenvalue weighted by Gasteiger charge is 2.18. The molecule has 0 fully saturated rings. The number of hydrogen-bond acceptors (Lipinski definition) is 6. The van der Waals surface area contributed by atoms with Crippen LogP contribution in [0.5, 0.6) is 0 Å². The summed E-state index contributed by atoms with van der Waals surface area (Å²) in [6.45, 7) is 5.05. The Morgan fingerprint density at radius 3 is 1.34 bits per heavy atom. The third-order valence-electron chi connectivity index (χ3n) is 6.57. The Morgan fingerprint density at radius 2 is 1.02 bits per heavy atom. The van der Waals surface area contributed by atoms with Crippen LogP contribution in [0.4, 0.5) is 11.4 Å². The minimum absolute atomic E-state index is 0.0816. The number of unbranched alkanes of at least 4 members (excludes halogenated alkanes) is 2. The van der Waals surface area contributed by atoms with Crippen LogP contribution in [0.15, 0.2) is 48.8 Å². The van der Waals surface area contributed by atoms with Crippen LogP contribution < -0.4 is 32.7 Å². The van der Waals surface area contributed by atoms with E-state index in [4.69, 9.17) is 22.3 Å². The second-order valence-electron chi connectivity index (χ2n) is 10.2. The molecule has 44 heavy (non-hydrogen) atoms. The Bertz CT molecular complexity index is 1410. The Hall–Kier alpha value is -5.40. The summed E-state index contributed by atoms with van der Waals surface area (Å²) in [5.41, 5.74) is 12.8. The zero-order chi connectivity index (χ0) is 32.2. The monoisotopic (exact) mass is 604 g/mol. The second-order valence-corrected chi connectivity index (χ2v) is 10.2. The average Bonchev–Trinajstić information content (AvgIpc) is 3.59. The van der Waals surface area contributed by atoms with E-state index < -0.39 is 23.6 Å². The third kappa shape index (κ3) is 9.31. The van der Waals surface area contributed by atoms with E-state index in [0.29, 0.717) is 47.0 Å². The summed E-state index contributed by atoms with van der Waals surface area (Å²) in [7, 11) is 0. The van der Waals surface area contributed by atoms with Gasteiger partial charge in [-0.05, 0) is 49.2 Å². The van der Waals surface area contributed by atoms with Gasteiger partial charge >= 0.3 is 0 Å². The molecule has 0 bridgehead atoms. The average molecular weight is 605 g/mol. The minimum atomic E-state index is -0.422. The fourth-order valence-electron chi connectivity index (χ4n) is 4.28. The maximum Gasteiger partial charge on any atom is 0.268 e. The van der Waals surface area contributed by atoms with Gasteiger partial charge in [-0.2, -0.15) is 0 Å². The number of hydrogen-bond donors (Lipinski definition) is 8. The van der Waals surface area contributed by atoms with Gasteiger partial charge in [-0.3, -0.25) is 30.0 Å². The van der Waals surface area contributed by atoms with Gasteiger partial charge in [0.05, 0.1) is 24.5 Å². The lowest BCUT2D eigenvalue weighted by molar-refractivity contribution is 0.0941. The molecule has 1 aromatic carbocycles. The van der Waals surface area contributed by atoms with Crippen LogP contribution in [0.25, 0.3) is 0 Å². The quantitative estimate of drug-likeness (QED) is 0.0905. The standard InChI is InChI=1S/C30H40N10O4/c1-3-5-11-39-17-21(13-23(39)29(43)35-15-25(31)32)37-27(41)19-7-9-20(10-8-19)28(42)38-22-14-24(30(44)36-16-26(33)34)40(18-22)12-6-4-2/h7-10,13-14,17-18H,3-6,11-12,15-16H2,1-2H3,(H3,31,32)(H3,33,34)(H,35,43)(H,36,44)(H,37,41)(H,38,42). The van der Waals surface area contributed by atoms with Gasteiger partial charge in [0.1, 0.15) is 23.1 Å². The molecule has 14 nitrogen and oxygen atoms in total. The number of carbonyl (C=O) groups is 4. The first kappa shape index (κ1) is 33.1. The number of benzene rings is 1. The number of carbonyl (C=O) groups excluding carboxylic acids is 4. The van der Waals surface area contributed by atoms with Gasteiger partial charge in [0, 0.05) is 36.6 Å². The smallest absolute Gasteiger partial charge is 0.268 e. The molecular formula is C30H40N10O4. The summed E-state index contributed by atoms with van der Waals surface area (Å²) in [6, 6.07) is 9.20. The number of nitrogens with zero attached hydrogens (tertiary/aromatic N) is 2. The molecule has 0 aliphatic rings. The Labute approximate surface area is 255 Å². The zero-order valence-corrected chi connectivity index (χ0v) is 25.0. The van der Waals surface area contributed by atoms with E-state index >= 15 is 0 Å². The van der Waals surface area contributed by atoms with Crippen molar-refractivity contribution in [3.63, 3.8) is 0 Å². The van der Waals surface area contributed by atoms with Gasteiger partial charge in [-0.15, -0.1) is 0 Å². The molecule has 234 valence electrons. The molecule has 3 aromatic rings. The molecule has 10 N–H and O–H groups in total. The molecule has 0 spiro atoms. The summed E-state index contributed by atoms with van der Waals surface area (Å²) in [6.07, 6.45) is 6.85. The highest BCUT2D eigenvalue weighted by Crippen LogP contribution is 2.19. The molecule has 3 rings (SSSR count).